The van der Waals surface area contributed by atoms with Gasteiger partial charge in [0, 0.05) is 35.4 Å². The van der Waals surface area contributed by atoms with Gasteiger partial charge in [-0.3, -0.25) is 4.79 Å². The van der Waals surface area contributed by atoms with Crippen molar-refractivity contribution < 1.29 is 4.79 Å². The van der Waals surface area contributed by atoms with E-state index in [-0.39, 0.29) is 5.91 Å². The fraction of sp³-hybridized carbons (Fsp3) is 0.250. The monoisotopic (exact) mass is 299 g/mol. The molecule has 108 valence electrons. The maximum atomic E-state index is 11.8. The van der Waals surface area contributed by atoms with Crippen molar-refractivity contribution in [1.29, 1.82) is 0 Å². The van der Waals surface area contributed by atoms with E-state index in [1.54, 1.807) is 16.8 Å². The number of nitrogens with one attached hydrogen (secondary N) is 2. The van der Waals surface area contributed by atoms with Gasteiger partial charge in [-0.25, -0.2) is 4.98 Å². The van der Waals surface area contributed by atoms with Crippen LogP contribution in [-0.4, -0.2) is 22.4 Å². The molecule has 3 rings (SSSR count). The fourth-order valence-corrected chi connectivity index (χ4v) is 2.96. The third kappa shape index (κ3) is 3.49. The molecule has 0 unspecified atom stereocenters. The van der Waals surface area contributed by atoms with Gasteiger partial charge in [-0.05, 0) is 24.5 Å². The van der Waals surface area contributed by atoms with Crippen molar-refractivity contribution in [2.75, 3.05) is 6.54 Å². The van der Waals surface area contributed by atoms with Gasteiger partial charge in [-0.15, -0.1) is 11.3 Å². The summed E-state index contributed by atoms with van der Waals surface area (Å²) < 4.78 is 0. The molecule has 3 aromatic rings. The number of aryl methyl sites for hydroxylation is 1. The van der Waals surface area contributed by atoms with Crippen molar-refractivity contribution in [1.82, 2.24) is 15.3 Å². The Labute approximate surface area is 127 Å². The normalized spacial score (nSPS) is 10.9. The first-order valence-corrected chi connectivity index (χ1v) is 7.96. The van der Waals surface area contributed by atoms with Crippen molar-refractivity contribution in [2.24, 2.45) is 0 Å². The second-order valence-corrected chi connectivity index (χ2v) is 5.66. The molecule has 0 radical (unpaired) electrons. The molecule has 5 heteroatoms. The van der Waals surface area contributed by atoms with Crippen LogP contribution in [0.3, 0.4) is 0 Å². The third-order valence-corrected chi connectivity index (χ3v) is 4.12. The Morgan fingerprint density at radius 3 is 3.05 bits per heavy atom. The summed E-state index contributed by atoms with van der Waals surface area (Å²) in [5, 5.41) is 6.19. The lowest BCUT2D eigenvalue weighted by molar-refractivity contribution is -0.121. The van der Waals surface area contributed by atoms with Crippen LogP contribution in [-0.2, 0) is 17.6 Å². The molecule has 0 aliphatic heterocycles. The molecule has 21 heavy (non-hydrogen) atoms. The van der Waals surface area contributed by atoms with Crippen LogP contribution < -0.4 is 5.32 Å². The Morgan fingerprint density at radius 1 is 1.29 bits per heavy atom. The SMILES string of the molecule is O=C(CCc1cscn1)NCCc1c[nH]c2ccccc12. The minimum Gasteiger partial charge on any atom is -0.361 e. The molecule has 0 bridgehead atoms. The molecule has 0 atom stereocenters. The number of nitrogens with zero attached hydrogens (tertiary/aromatic N) is 1. The van der Waals surface area contributed by atoms with E-state index >= 15 is 0 Å². The first kappa shape index (κ1) is 13.8. The van der Waals surface area contributed by atoms with E-state index in [1.165, 1.54) is 10.9 Å². The number of carbonyl (C=O) groups is 1. The first-order chi connectivity index (χ1) is 10.3. The zero-order chi connectivity index (χ0) is 14.5. The number of carbonyl (C=O) groups excluding carboxylic acids is 1. The van der Waals surface area contributed by atoms with Gasteiger partial charge in [0.15, 0.2) is 0 Å². The number of hydrogen-bond donors (Lipinski definition) is 2. The Bertz CT molecular complexity index is 718. The highest BCUT2D eigenvalue weighted by molar-refractivity contribution is 7.07. The maximum absolute atomic E-state index is 11.8. The molecule has 1 amide bonds. The molecular weight excluding hydrogens is 282 g/mol. The van der Waals surface area contributed by atoms with E-state index in [4.69, 9.17) is 0 Å². The fourth-order valence-electron chi connectivity index (χ4n) is 2.37. The van der Waals surface area contributed by atoms with Crippen LogP contribution in [0.5, 0.6) is 0 Å². The Hall–Kier alpha value is -2.14. The number of aromatic amines is 1. The summed E-state index contributed by atoms with van der Waals surface area (Å²) >= 11 is 1.56. The van der Waals surface area contributed by atoms with Crippen LogP contribution in [0.4, 0.5) is 0 Å². The lowest BCUT2D eigenvalue weighted by atomic mass is 10.1. The van der Waals surface area contributed by atoms with E-state index in [9.17, 15) is 4.79 Å². The second-order valence-electron chi connectivity index (χ2n) is 4.94. The molecule has 0 aliphatic rings. The molecule has 2 aromatic heterocycles. The summed E-state index contributed by atoms with van der Waals surface area (Å²) in [6, 6.07) is 8.21. The van der Waals surface area contributed by atoms with Gasteiger partial charge >= 0.3 is 0 Å². The summed E-state index contributed by atoms with van der Waals surface area (Å²) in [6.07, 6.45) is 4.07. The standard InChI is InChI=1S/C16H17N3OS/c20-16(6-5-13-10-21-11-19-13)17-8-7-12-9-18-15-4-2-1-3-14(12)15/h1-4,9-11,18H,5-8H2,(H,17,20). The number of amides is 1. The Balaban J connectivity index is 1.46. The topological polar surface area (TPSA) is 57.8 Å². The smallest absolute Gasteiger partial charge is 0.220 e. The lowest BCUT2D eigenvalue weighted by Gasteiger charge is -2.04. The van der Waals surface area contributed by atoms with E-state index in [0.29, 0.717) is 19.4 Å². The van der Waals surface area contributed by atoms with Crippen LogP contribution in [0, 0.1) is 0 Å². The number of rotatable bonds is 6. The largest absolute Gasteiger partial charge is 0.361 e. The number of thiazole rings is 1. The van der Waals surface area contributed by atoms with Crippen LogP contribution >= 0.6 is 11.3 Å². The number of hydrogen-bond acceptors (Lipinski definition) is 3. The Kier molecular flexibility index (Phi) is 4.31. The van der Waals surface area contributed by atoms with Gasteiger partial charge < -0.3 is 10.3 Å². The summed E-state index contributed by atoms with van der Waals surface area (Å²) in [6.45, 7) is 0.664. The summed E-state index contributed by atoms with van der Waals surface area (Å²) in [4.78, 5) is 19.2. The number of H-pyrrole nitrogens is 1. The average Bonchev–Trinajstić information content (AvgIpc) is 3.15. The van der Waals surface area contributed by atoms with E-state index < -0.39 is 0 Å². The van der Waals surface area contributed by atoms with Crippen molar-refractivity contribution >= 4 is 28.1 Å². The van der Waals surface area contributed by atoms with Gasteiger partial charge in [-0.1, -0.05) is 18.2 Å². The molecule has 0 fully saturated rings. The molecule has 1 aromatic carbocycles. The number of benzene rings is 1. The minimum absolute atomic E-state index is 0.0860. The predicted octanol–water partition coefficient (Wildman–Crippen LogP) is 2.92. The van der Waals surface area contributed by atoms with Crippen molar-refractivity contribution in [3.63, 3.8) is 0 Å². The average molecular weight is 299 g/mol. The summed E-state index contributed by atoms with van der Waals surface area (Å²) in [5.74, 6) is 0.0860. The highest BCUT2D eigenvalue weighted by Gasteiger charge is 2.05. The molecule has 0 saturated carbocycles. The van der Waals surface area contributed by atoms with Crippen LogP contribution in [0.15, 0.2) is 41.4 Å². The molecule has 2 heterocycles. The van der Waals surface area contributed by atoms with Gasteiger partial charge in [0.25, 0.3) is 0 Å². The quantitative estimate of drug-likeness (QED) is 0.735. The van der Waals surface area contributed by atoms with E-state index in [1.807, 2.05) is 23.7 Å². The molecular formula is C16H17N3OS. The summed E-state index contributed by atoms with van der Waals surface area (Å²) in [7, 11) is 0. The van der Waals surface area contributed by atoms with Gasteiger partial charge in [0.2, 0.25) is 5.91 Å². The van der Waals surface area contributed by atoms with Crippen LogP contribution in [0.2, 0.25) is 0 Å². The van der Waals surface area contributed by atoms with Gasteiger partial charge in [0.1, 0.15) is 0 Å². The van der Waals surface area contributed by atoms with Crippen LogP contribution in [0.1, 0.15) is 17.7 Å². The highest BCUT2D eigenvalue weighted by Crippen LogP contribution is 2.17. The Morgan fingerprint density at radius 2 is 2.19 bits per heavy atom. The third-order valence-electron chi connectivity index (χ3n) is 3.48. The second kappa shape index (κ2) is 6.54. The molecule has 4 nitrogen and oxygen atoms in total. The zero-order valence-electron chi connectivity index (χ0n) is 11.6. The highest BCUT2D eigenvalue weighted by atomic mass is 32.1. The van der Waals surface area contributed by atoms with Crippen LogP contribution in [0.25, 0.3) is 10.9 Å². The predicted molar refractivity (Wildman–Crippen MR) is 85.4 cm³/mol. The van der Waals surface area contributed by atoms with E-state index in [0.717, 1.165) is 17.6 Å². The molecule has 0 saturated heterocycles. The lowest BCUT2D eigenvalue weighted by Crippen LogP contribution is -2.25. The van der Waals surface area contributed by atoms with Crippen molar-refractivity contribution in [3.8, 4) is 0 Å². The first-order valence-electron chi connectivity index (χ1n) is 7.01. The minimum atomic E-state index is 0.0860. The number of aromatic nitrogens is 2. The zero-order valence-corrected chi connectivity index (χ0v) is 12.5. The summed E-state index contributed by atoms with van der Waals surface area (Å²) in [5.41, 5.74) is 5.17. The molecule has 0 spiro atoms. The van der Waals surface area contributed by atoms with Crippen molar-refractivity contribution in [3.05, 3.63) is 52.6 Å². The van der Waals surface area contributed by atoms with Gasteiger partial charge in [0.05, 0.1) is 11.2 Å². The van der Waals surface area contributed by atoms with Gasteiger partial charge in [-0.2, -0.15) is 0 Å². The maximum Gasteiger partial charge on any atom is 0.220 e. The molecule has 2 N–H and O–H groups in total. The molecule has 0 aliphatic carbocycles. The number of para-hydroxylation sites is 1. The van der Waals surface area contributed by atoms with E-state index in [2.05, 4.69) is 27.4 Å². The van der Waals surface area contributed by atoms with Crippen molar-refractivity contribution in [2.45, 2.75) is 19.3 Å². The number of fused-ring (bicyclic) bond motifs is 1.